The zero-order valence-corrected chi connectivity index (χ0v) is 11.6. The molecular weight excluding hydrogens is 304 g/mol. The molecule has 0 aliphatic rings. The van der Waals surface area contributed by atoms with Crippen molar-refractivity contribution in [3.05, 3.63) is 56.2 Å². The number of carboxylic acids is 1. The first kappa shape index (κ1) is 14.4. The first-order chi connectivity index (χ1) is 9.49. The number of benzene rings is 1. The largest absolute Gasteiger partial charge is 0.481 e. The summed E-state index contributed by atoms with van der Waals surface area (Å²) in [6.07, 6.45) is 1.21. The Kier molecular flexibility index (Phi) is 4.31. The monoisotopic (exact) mass is 312 g/mol. The second kappa shape index (κ2) is 5.98. The summed E-state index contributed by atoms with van der Waals surface area (Å²) in [5.41, 5.74) is 0.666. The normalized spacial score (nSPS) is 12.1. The van der Waals surface area contributed by atoms with Gasteiger partial charge in [-0.25, -0.2) is 4.98 Å². The lowest BCUT2D eigenvalue weighted by Gasteiger charge is -2.10. The number of carboxylic acid groups (broad SMARTS) is 1. The molecule has 1 aromatic heterocycles. The number of nitro groups is 1. The van der Waals surface area contributed by atoms with Crippen LogP contribution in [0.4, 0.5) is 5.00 Å². The molecule has 0 radical (unpaired) electrons. The van der Waals surface area contributed by atoms with Crippen LogP contribution in [0, 0.1) is 10.1 Å². The van der Waals surface area contributed by atoms with E-state index in [-0.39, 0.29) is 16.4 Å². The molecule has 0 aliphatic heterocycles. The number of hydrogen-bond acceptors (Lipinski definition) is 5. The van der Waals surface area contributed by atoms with Crippen LogP contribution in [0.15, 0.2) is 30.5 Å². The standard InChI is InChI=1S/C12H9ClN2O4S/c13-9-4-2-1-3-7(9)5-8(12(16)17)11-14-6-10(20-11)15(18)19/h1-4,6,8H,5H2,(H,16,17). The quantitative estimate of drug-likeness (QED) is 0.676. The van der Waals surface area contributed by atoms with E-state index in [0.29, 0.717) is 10.6 Å². The van der Waals surface area contributed by atoms with Gasteiger partial charge < -0.3 is 5.11 Å². The van der Waals surface area contributed by atoms with Crippen molar-refractivity contribution in [2.75, 3.05) is 0 Å². The van der Waals surface area contributed by atoms with Crippen LogP contribution in [0.2, 0.25) is 5.02 Å². The molecule has 8 heteroatoms. The van der Waals surface area contributed by atoms with Gasteiger partial charge in [0.05, 0.1) is 4.92 Å². The van der Waals surface area contributed by atoms with Gasteiger partial charge in [-0.3, -0.25) is 14.9 Å². The summed E-state index contributed by atoms with van der Waals surface area (Å²) in [6, 6.07) is 6.89. The molecular formula is C12H9ClN2O4S. The van der Waals surface area contributed by atoms with Crippen molar-refractivity contribution in [3.8, 4) is 0 Å². The second-order valence-corrected chi connectivity index (χ2v) is 5.43. The van der Waals surface area contributed by atoms with Gasteiger partial charge in [0.2, 0.25) is 0 Å². The van der Waals surface area contributed by atoms with Crippen LogP contribution < -0.4 is 0 Å². The van der Waals surface area contributed by atoms with E-state index < -0.39 is 16.8 Å². The van der Waals surface area contributed by atoms with E-state index in [9.17, 15) is 20.0 Å². The molecule has 2 rings (SSSR count). The fourth-order valence-corrected chi connectivity index (χ4v) is 2.73. The maximum atomic E-state index is 11.3. The molecule has 20 heavy (non-hydrogen) atoms. The Hall–Kier alpha value is -1.99. The third kappa shape index (κ3) is 3.12. The number of nitrogens with zero attached hydrogens (tertiary/aromatic N) is 2. The van der Waals surface area contributed by atoms with Crippen LogP contribution in [0.25, 0.3) is 0 Å². The Balaban J connectivity index is 2.30. The Bertz CT molecular complexity index is 658. The summed E-state index contributed by atoms with van der Waals surface area (Å²) in [4.78, 5) is 25.2. The highest BCUT2D eigenvalue weighted by Crippen LogP contribution is 2.31. The lowest BCUT2D eigenvalue weighted by atomic mass is 10.00. The zero-order chi connectivity index (χ0) is 14.7. The molecule has 0 bridgehead atoms. The highest BCUT2D eigenvalue weighted by molar-refractivity contribution is 7.15. The Morgan fingerprint density at radius 1 is 1.50 bits per heavy atom. The fraction of sp³-hybridized carbons (Fsp3) is 0.167. The average molecular weight is 313 g/mol. The minimum Gasteiger partial charge on any atom is -0.481 e. The topological polar surface area (TPSA) is 93.3 Å². The van der Waals surface area contributed by atoms with Gasteiger partial charge in [-0.1, -0.05) is 29.8 Å². The van der Waals surface area contributed by atoms with E-state index >= 15 is 0 Å². The number of aromatic nitrogens is 1. The summed E-state index contributed by atoms with van der Waals surface area (Å²) in [6.45, 7) is 0. The smallest absolute Gasteiger partial charge is 0.343 e. The molecule has 104 valence electrons. The number of carbonyl (C=O) groups is 1. The van der Waals surface area contributed by atoms with Gasteiger partial charge in [-0.2, -0.15) is 0 Å². The van der Waals surface area contributed by atoms with Crippen molar-refractivity contribution in [3.63, 3.8) is 0 Å². The van der Waals surface area contributed by atoms with Crippen LogP contribution in [0.5, 0.6) is 0 Å². The van der Waals surface area contributed by atoms with Gasteiger partial charge in [0.15, 0.2) is 0 Å². The van der Waals surface area contributed by atoms with Crippen molar-refractivity contribution in [2.45, 2.75) is 12.3 Å². The molecule has 2 aromatic rings. The third-order valence-corrected chi connectivity index (χ3v) is 4.10. The van der Waals surface area contributed by atoms with Gasteiger partial charge >= 0.3 is 11.0 Å². The van der Waals surface area contributed by atoms with Gasteiger partial charge in [0.1, 0.15) is 17.1 Å². The van der Waals surface area contributed by atoms with Gasteiger partial charge in [-0.05, 0) is 29.4 Å². The van der Waals surface area contributed by atoms with Crippen molar-refractivity contribution in [2.24, 2.45) is 0 Å². The molecule has 0 aliphatic carbocycles. The van der Waals surface area contributed by atoms with E-state index in [1.54, 1.807) is 24.3 Å². The lowest BCUT2D eigenvalue weighted by Crippen LogP contribution is -2.14. The average Bonchev–Trinajstić information content (AvgIpc) is 2.87. The van der Waals surface area contributed by atoms with Crippen molar-refractivity contribution in [1.82, 2.24) is 4.98 Å². The van der Waals surface area contributed by atoms with Gasteiger partial charge in [-0.15, -0.1) is 0 Å². The molecule has 6 nitrogen and oxygen atoms in total. The number of halogens is 1. The molecule has 1 N–H and O–H groups in total. The zero-order valence-electron chi connectivity index (χ0n) is 10.0. The van der Waals surface area contributed by atoms with Crippen LogP contribution in [-0.4, -0.2) is 21.0 Å². The molecule has 0 fully saturated rings. The van der Waals surface area contributed by atoms with Crippen molar-refractivity contribution < 1.29 is 14.8 Å². The highest BCUT2D eigenvalue weighted by Gasteiger charge is 2.26. The van der Waals surface area contributed by atoms with E-state index in [0.717, 1.165) is 17.5 Å². The Labute approximate surface area is 122 Å². The van der Waals surface area contributed by atoms with E-state index in [2.05, 4.69) is 4.98 Å². The first-order valence-electron chi connectivity index (χ1n) is 5.55. The first-order valence-corrected chi connectivity index (χ1v) is 6.75. The molecule has 0 spiro atoms. The predicted molar refractivity (Wildman–Crippen MR) is 74.3 cm³/mol. The molecule has 1 atom stereocenters. The van der Waals surface area contributed by atoms with Gasteiger partial charge in [0, 0.05) is 5.02 Å². The van der Waals surface area contributed by atoms with Crippen LogP contribution in [0.3, 0.4) is 0 Å². The second-order valence-electron chi connectivity index (χ2n) is 3.98. The summed E-state index contributed by atoms with van der Waals surface area (Å²) in [5, 5.41) is 20.4. The molecule has 1 aromatic carbocycles. The van der Waals surface area contributed by atoms with Crippen LogP contribution in [-0.2, 0) is 11.2 Å². The Morgan fingerprint density at radius 2 is 2.20 bits per heavy atom. The predicted octanol–water partition coefficient (Wildman–Crippen LogP) is 3.12. The molecule has 1 heterocycles. The number of rotatable bonds is 5. The summed E-state index contributed by atoms with van der Waals surface area (Å²) in [5.74, 6) is -2.04. The number of aliphatic carboxylic acids is 1. The van der Waals surface area contributed by atoms with E-state index in [4.69, 9.17) is 11.6 Å². The summed E-state index contributed by atoms with van der Waals surface area (Å²) < 4.78 is 0. The van der Waals surface area contributed by atoms with E-state index in [1.807, 2.05) is 0 Å². The van der Waals surface area contributed by atoms with Gasteiger partial charge in [0.25, 0.3) is 0 Å². The van der Waals surface area contributed by atoms with Crippen molar-refractivity contribution >= 4 is 33.9 Å². The van der Waals surface area contributed by atoms with E-state index in [1.165, 1.54) is 0 Å². The molecule has 0 saturated heterocycles. The number of hydrogen-bond donors (Lipinski definition) is 1. The Morgan fingerprint density at radius 3 is 2.75 bits per heavy atom. The lowest BCUT2D eigenvalue weighted by molar-refractivity contribution is -0.380. The SMILES string of the molecule is O=C(O)C(Cc1ccccc1Cl)c1ncc([N+](=O)[O-])s1. The van der Waals surface area contributed by atoms with Crippen LogP contribution in [0.1, 0.15) is 16.5 Å². The number of thiazole rings is 1. The summed E-state index contributed by atoms with van der Waals surface area (Å²) >= 11 is 6.77. The molecule has 1 unspecified atom stereocenters. The third-order valence-electron chi connectivity index (χ3n) is 2.67. The fourth-order valence-electron chi connectivity index (χ4n) is 1.69. The minimum atomic E-state index is -1.09. The summed E-state index contributed by atoms with van der Waals surface area (Å²) in [7, 11) is 0. The molecule has 0 saturated carbocycles. The highest BCUT2D eigenvalue weighted by atomic mass is 35.5. The maximum Gasteiger partial charge on any atom is 0.343 e. The molecule has 0 amide bonds. The minimum absolute atomic E-state index is 0.139. The van der Waals surface area contributed by atoms with Crippen molar-refractivity contribution in [1.29, 1.82) is 0 Å². The maximum absolute atomic E-state index is 11.3. The van der Waals surface area contributed by atoms with Crippen LogP contribution >= 0.6 is 22.9 Å².